The van der Waals surface area contributed by atoms with Gasteiger partial charge in [0.05, 0.1) is 5.02 Å². The van der Waals surface area contributed by atoms with Crippen molar-refractivity contribution in [1.29, 1.82) is 0 Å². The van der Waals surface area contributed by atoms with E-state index < -0.39 is 0 Å². The Bertz CT molecular complexity index is 361. The molecule has 0 atom stereocenters. The molecular formula is C12H15ClFN. The Balaban J connectivity index is 2.01. The highest BCUT2D eigenvalue weighted by Crippen LogP contribution is 2.31. The fourth-order valence-corrected chi connectivity index (χ4v) is 2.07. The van der Waals surface area contributed by atoms with E-state index in [-0.39, 0.29) is 16.4 Å². The molecule has 1 N–H and O–H groups in total. The molecule has 1 nitrogen and oxygen atoms in total. The maximum atomic E-state index is 13.1. The molecule has 0 aliphatic heterocycles. The Morgan fingerprint density at radius 1 is 1.47 bits per heavy atom. The number of halogens is 2. The molecule has 0 aromatic heterocycles. The van der Waals surface area contributed by atoms with Gasteiger partial charge in [0.15, 0.2) is 0 Å². The van der Waals surface area contributed by atoms with Gasteiger partial charge in [-0.3, -0.25) is 0 Å². The molecule has 3 heteroatoms. The van der Waals surface area contributed by atoms with Crippen LogP contribution in [-0.2, 0) is 6.54 Å². The van der Waals surface area contributed by atoms with Crippen molar-refractivity contribution >= 4 is 11.6 Å². The van der Waals surface area contributed by atoms with E-state index in [1.807, 2.05) is 6.07 Å². The first-order valence-electron chi connectivity index (χ1n) is 5.29. The number of hydrogen-bond acceptors (Lipinski definition) is 1. The van der Waals surface area contributed by atoms with Gasteiger partial charge in [-0.05, 0) is 37.8 Å². The molecule has 0 saturated heterocycles. The third kappa shape index (κ3) is 2.32. The Morgan fingerprint density at radius 2 is 2.20 bits per heavy atom. The maximum absolute atomic E-state index is 13.1. The standard InChI is InChI=1S/C12H15ClFN/c1-12(6-3-7-12)15-8-9-4-2-5-10(14)11(9)13/h2,4-5,15H,3,6-8H2,1H3. The van der Waals surface area contributed by atoms with Gasteiger partial charge in [0.1, 0.15) is 5.82 Å². The van der Waals surface area contributed by atoms with E-state index in [1.54, 1.807) is 6.07 Å². The van der Waals surface area contributed by atoms with Gasteiger partial charge in [-0.1, -0.05) is 23.7 Å². The Kier molecular flexibility index (Phi) is 2.98. The fourth-order valence-electron chi connectivity index (χ4n) is 1.88. The largest absolute Gasteiger partial charge is 0.307 e. The van der Waals surface area contributed by atoms with Crippen LogP contribution in [0, 0.1) is 5.82 Å². The minimum atomic E-state index is -0.338. The first-order chi connectivity index (χ1) is 7.11. The lowest BCUT2D eigenvalue weighted by atomic mass is 9.78. The molecule has 1 aromatic carbocycles. The van der Waals surface area contributed by atoms with Crippen molar-refractivity contribution < 1.29 is 4.39 Å². The summed E-state index contributed by atoms with van der Waals surface area (Å²) in [5.41, 5.74) is 1.07. The summed E-state index contributed by atoms with van der Waals surface area (Å²) in [4.78, 5) is 0. The van der Waals surface area contributed by atoms with Gasteiger partial charge < -0.3 is 5.32 Å². The van der Waals surface area contributed by atoms with Gasteiger partial charge in [0.25, 0.3) is 0 Å². The molecule has 0 spiro atoms. The summed E-state index contributed by atoms with van der Waals surface area (Å²) in [7, 11) is 0. The molecule has 0 heterocycles. The van der Waals surface area contributed by atoms with Crippen LogP contribution in [0.2, 0.25) is 5.02 Å². The zero-order chi connectivity index (χ0) is 10.9. The van der Waals surface area contributed by atoms with Crippen molar-refractivity contribution in [3.8, 4) is 0 Å². The highest BCUT2D eigenvalue weighted by molar-refractivity contribution is 6.31. The van der Waals surface area contributed by atoms with E-state index in [1.165, 1.54) is 25.3 Å². The van der Waals surface area contributed by atoms with Crippen molar-refractivity contribution in [2.75, 3.05) is 0 Å². The molecule has 1 saturated carbocycles. The lowest BCUT2D eigenvalue weighted by Crippen LogP contribution is -2.47. The zero-order valence-corrected chi connectivity index (χ0v) is 9.57. The Labute approximate surface area is 94.6 Å². The van der Waals surface area contributed by atoms with Crippen LogP contribution in [0.3, 0.4) is 0 Å². The molecule has 15 heavy (non-hydrogen) atoms. The molecule has 0 amide bonds. The highest BCUT2D eigenvalue weighted by atomic mass is 35.5. The molecule has 82 valence electrons. The quantitative estimate of drug-likeness (QED) is 0.833. The second kappa shape index (κ2) is 4.11. The van der Waals surface area contributed by atoms with Gasteiger partial charge in [-0.25, -0.2) is 4.39 Å². The first-order valence-corrected chi connectivity index (χ1v) is 5.66. The fraction of sp³-hybridized carbons (Fsp3) is 0.500. The average molecular weight is 228 g/mol. The third-order valence-electron chi connectivity index (χ3n) is 3.19. The number of rotatable bonds is 3. The summed E-state index contributed by atoms with van der Waals surface area (Å²) in [6, 6.07) is 4.94. The minimum Gasteiger partial charge on any atom is -0.307 e. The normalized spacial score (nSPS) is 18.6. The van der Waals surface area contributed by atoms with Crippen LogP contribution in [0.4, 0.5) is 4.39 Å². The molecule has 1 aliphatic rings. The van der Waals surface area contributed by atoms with Gasteiger partial charge in [0.2, 0.25) is 0 Å². The summed E-state index contributed by atoms with van der Waals surface area (Å²) in [5.74, 6) is -0.338. The zero-order valence-electron chi connectivity index (χ0n) is 8.82. The van der Waals surface area contributed by atoms with Gasteiger partial charge >= 0.3 is 0 Å². The smallest absolute Gasteiger partial charge is 0.142 e. The number of nitrogens with one attached hydrogen (secondary N) is 1. The monoisotopic (exact) mass is 227 g/mol. The van der Waals surface area contributed by atoms with E-state index in [0.717, 1.165) is 5.56 Å². The Morgan fingerprint density at radius 3 is 2.80 bits per heavy atom. The summed E-state index contributed by atoms with van der Waals surface area (Å²) in [5, 5.41) is 3.67. The van der Waals surface area contributed by atoms with Crippen LogP contribution >= 0.6 is 11.6 Å². The lowest BCUT2D eigenvalue weighted by molar-refractivity contribution is 0.207. The van der Waals surface area contributed by atoms with Gasteiger partial charge in [0, 0.05) is 12.1 Å². The van der Waals surface area contributed by atoms with E-state index in [0.29, 0.717) is 6.54 Å². The molecule has 0 radical (unpaired) electrons. The highest BCUT2D eigenvalue weighted by Gasteiger charge is 2.30. The van der Waals surface area contributed by atoms with E-state index in [9.17, 15) is 4.39 Å². The van der Waals surface area contributed by atoms with Crippen LogP contribution < -0.4 is 5.32 Å². The minimum absolute atomic E-state index is 0.232. The van der Waals surface area contributed by atoms with Crippen LogP contribution in [0.5, 0.6) is 0 Å². The van der Waals surface area contributed by atoms with Crippen LogP contribution in [0.1, 0.15) is 31.7 Å². The molecule has 1 aromatic rings. The summed E-state index contributed by atoms with van der Waals surface area (Å²) in [6.07, 6.45) is 3.67. The number of hydrogen-bond donors (Lipinski definition) is 1. The van der Waals surface area contributed by atoms with Crippen molar-refractivity contribution in [3.63, 3.8) is 0 Å². The van der Waals surface area contributed by atoms with Crippen molar-refractivity contribution in [2.45, 2.75) is 38.3 Å². The molecular weight excluding hydrogens is 213 g/mol. The van der Waals surface area contributed by atoms with Crippen LogP contribution in [0.25, 0.3) is 0 Å². The molecule has 1 aliphatic carbocycles. The predicted molar refractivity (Wildman–Crippen MR) is 60.5 cm³/mol. The van der Waals surface area contributed by atoms with E-state index in [4.69, 9.17) is 11.6 Å². The molecule has 0 bridgehead atoms. The summed E-state index contributed by atoms with van der Waals surface area (Å²) >= 11 is 5.87. The van der Waals surface area contributed by atoms with Crippen molar-refractivity contribution in [1.82, 2.24) is 5.32 Å². The maximum Gasteiger partial charge on any atom is 0.142 e. The van der Waals surface area contributed by atoms with E-state index in [2.05, 4.69) is 12.2 Å². The average Bonchev–Trinajstić information content (AvgIpc) is 2.17. The second-order valence-electron chi connectivity index (χ2n) is 4.48. The van der Waals surface area contributed by atoms with E-state index >= 15 is 0 Å². The second-order valence-corrected chi connectivity index (χ2v) is 4.86. The van der Waals surface area contributed by atoms with Crippen molar-refractivity contribution in [2.24, 2.45) is 0 Å². The van der Waals surface area contributed by atoms with Crippen LogP contribution in [-0.4, -0.2) is 5.54 Å². The third-order valence-corrected chi connectivity index (χ3v) is 3.62. The summed E-state index contributed by atoms with van der Waals surface area (Å²) < 4.78 is 13.1. The first kappa shape index (κ1) is 10.9. The summed E-state index contributed by atoms with van der Waals surface area (Å²) in [6.45, 7) is 2.84. The topological polar surface area (TPSA) is 12.0 Å². The lowest BCUT2D eigenvalue weighted by Gasteiger charge is -2.39. The van der Waals surface area contributed by atoms with Crippen LogP contribution in [0.15, 0.2) is 18.2 Å². The van der Waals surface area contributed by atoms with Gasteiger partial charge in [-0.15, -0.1) is 0 Å². The Hall–Kier alpha value is -0.600. The molecule has 0 unspecified atom stereocenters. The SMILES string of the molecule is CC1(NCc2cccc(F)c2Cl)CCC1. The van der Waals surface area contributed by atoms with Gasteiger partial charge in [-0.2, -0.15) is 0 Å². The molecule has 1 fully saturated rings. The number of benzene rings is 1. The molecule has 2 rings (SSSR count). The van der Waals surface area contributed by atoms with Crippen molar-refractivity contribution in [3.05, 3.63) is 34.6 Å². The predicted octanol–water partition coefficient (Wildman–Crippen LogP) is 3.51.